The van der Waals surface area contributed by atoms with Gasteiger partial charge in [0.25, 0.3) is 5.56 Å². The molecule has 0 aromatic carbocycles. The summed E-state index contributed by atoms with van der Waals surface area (Å²) in [6, 6.07) is 0. The first-order chi connectivity index (χ1) is 9.40. The van der Waals surface area contributed by atoms with Crippen molar-refractivity contribution in [2.75, 3.05) is 5.73 Å². The predicted molar refractivity (Wildman–Crippen MR) is 70.5 cm³/mol. The minimum atomic E-state index is -1.29. The number of rotatable bonds is 1. The summed E-state index contributed by atoms with van der Waals surface area (Å²) in [4.78, 5) is 29.4. The number of fused-ring (bicyclic) bond motifs is 1. The maximum absolute atomic E-state index is 12.0. The molecular weight excluding hydrogens is 288 g/mol. The van der Waals surface area contributed by atoms with Gasteiger partial charge in [0.2, 0.25) is 5.95 Å². The minimum Gasteiger partial charge on any atom is -0.388 e. The molecule has 1 aliphatic heterocycles. The third kappa shape index (κ3) is 1.77. The van der Waals surface area contributed by atoms with Gasteiger partial charge in [0.1, 0.15) is 16.9 Å². The van der Waals surface area contributed by atoms with Gasteiger partial charge in [0.05, 0.1) is 6.10 Å². The Balaban J connectivity index is 2.25. The highest BCUT2D eigenvalue weighted by molar-refractivity contribution is 7.16. The van der Waals surface area contributed by atoms with E-state index < -0.39 is 35.0 Å². The fraction of sp³-hybridized carbons (Fsp3) is 0.500. The van der Waals surface area contributed by atoms with Gasteiger partial charge in [0.15, 0.2) is 11.9 Å². The van der Waals surface area contributed by atoms with Crippen molar-refractivity contribution in [3.63, 3.8) is 0 Å². The highest BCUT2D eigenvalue weighted by Gasteiger charge is 2.43. The summed E-state index contributed by atoms with van der Waals surface area (Å²) < 4.78 is 6.51. The fourth-order valence-corrected chi connectivity index (χ4v) is 3.05. The van der Waals surface area contributed by atoms with Crippen molar-refractivity contribution >= 4 is 27.6 Å². The van der Waals surface area contributed by atoms with Gasteiger partial charge >= 0.3 is 4.87 Å². The molecule has 9 nitrogen and oxygen atoms in total. The number of nitrogen functional groups attached to an aromatic ring is 1. The van der Waals surface area contributed by atoms with Gasteiger partial charge in [-0.15, -0.1) is 0 Å². The van der Waals surface area contributed by atoms with E-state index >= 15 is 0 Å². The van der Waals surface area contributed by atoms with Gasteiger partial charge in [-0.1, -0.05) is 11.3 Å². The Labute approximate surface area is 115 Å². The molecule has 0 spiro atoms. The van der Waals surface area contributed by atoms with Crippen molar-refractivity contribution in [3.8, 4) is 0 Å². The fourth-order valence-electron chi connectivity index (χ4n) is 2.21. The lowest BCUT2D eigenvalue weighted by Gasteiger charge is -2.15. The number of thiazole rings is 1. The minimum absolute atomic E-state index is 0.0339. The highest BCUT2D eigenvalue weighted by Crippen LogP contribution is 2.30. The van der Waals surface area contributed by atoms with E-state index in [4.69, 9.17) is 10.5 Å². The van der Waals surface area contributed by atoms with Crippen LogP contribution in [0.3, 0.4) is 0 Å². The molecule has 3 heterocycles. The highest BCUT2D eigenvalue weighted by atomic mass is 32.1. The number of aliphatic hydroxyl groups is 2. The molecule has 3 rings (SSSR count). The number of aromatic amines is 1. The maximum atomic E-state index is 12.0. The molecule has 108 valence electrons. The Morgan fingerprint density at radius 1 is 1.40 bits per heavy atom. The van der Waals surface area contributed by atoms with E-state index in [0.717, 1.165) is 4.57 Å². The summed E-state index contributed by atoms with van der Waals surface area (Å²) in [6.45, 7) is 1.57. The first-order valence-electron chi connectivity index (χ1n) is 5.82. The second-order valence-electron chi connectivity index (χ2n) is 4.55. The molecule has 10 heteroatoms. The van der Waals surface area contributed by atoms with Crippen molar-refractivity contribution in [2.24, 2.45) is 0 Å². The predicted octanol–water partition coefficient (Wildman–Crippen LogP) is -1.63. The molecule has 0 aliphatic carbocycles. The molecule has 0 saturated carbocycles. The second kappa shape index (κ2) is 4.38. The molecule has 0 radical (unpaired) electrons. The number of hydrogen-bond donors (Lipinski definition) is 4. The Bertz CT molecular complexity index is 780. The molecule has 1 saturated heterocycles. The number of H-pyrrole nitrogens is 1. The van der Waals surface area contributed by atoms with Crippen LogP contribution in [-0.4, -0.2) is 43.1 Å². The summed E-state index contributed by atoms with van der Waals surface area (Å²) in [5, 5.41) is 19.7. The molecule has 2 aromatic rings. The van der Waals surface area contributed by atoms with Crippen LogP contribution >= 0.6 is 11.3 Å². The van der Waals surface area contributed by atoms with Gasteiger partial charge in [-0.25, -0.2) is 0 Å². The molecule has 20 heavy (non-hydrogen) atoms. The van der Waals surface area contributed by atoms with Crippen LogP contribution in [0.2, 0.25) is 0 Å². The van der Waals surface area contributed by atoms with E-state index in [1.807, 2.05) is 0 Å². The average molecular weight is 300 g/mol. The number of nitrogens with two attached hydrogens (primary N) is 1. The number of anilines is 1. The molecule has 5 N–H and O–H groups in total. The zero-order chi connectivity index (χ0) is 14.6. The first-order valence-corrected chi connectivity index (χ1v) is 6.64. The third-order valence-electron chi connectivity index (χ3n) is 3.22. The van der Waals surface area contributed by atoms with Crippen LogP contribution in [0.4, 0.5) is 5.95 Å². The van der Waals surface area contributed by atoms with Gasteiger partial charge in [-0.3, -0.25) is 19.1 Å². The molecule has 1 unspecified atom stereocenters. The molecule has 0 amide bonds. The van der Waals surface area contributed by atoms with Crippen LogP contribution in [0.1, 0.15) is 13.2 Å². The van der Waals surface area contributed by atoms with Crippen LogP contribution in [0, 0.1) is 0 Å². The lowest BCUT2D eigenvalue weighted by molar-refractivity contribution is -0.0309. The number of nitrogens with zero attached hydrogens (tertiary/aromatic N) is 2. The Morgan fingerprint density at radius 3 is 2.70 bits per heavy atom. The second-order valence-corrected chi connectivity index (χ2v) is 5.52. The molecule has 1 fully saturated rings. The van der Waals surface area contributed by atoms with E-state index in [2.05, 4.69) is 9.97 Å². The van der Waals surface area contributed by atoms with E-state index in [0.29, 0.717) is 11.3 Å². The van der Waals surface area contributed by atoms with Gasteiger partial charge in [-0.2, -0.15) is 4.98 Å². The molecule has 1 aliphatic rings. The normalized spacial score (nSPS) is 30.1. The van der Waals surface area contributed by atoms with Crippen LogP contribution in [0.25, 0.3) is 10.3 Å². The SMILES string of the molecule is C[C@H]1OC(n2c(=O)sc3c(=O)[nH]c(N)nc32)[C@H](O)[C@@H]1O. The Hall–Kier alpha value is -1.75. The van der Waals surface area contributed by atoms with E-state index in [-0.39, 0.29) is 16.3 Å². The van der Waals surface area contributed by atoms with Crippen molar-refractivity contribution in [1.82, 2.24) is 14.5 Å². The first kappa shape index (κ1) is 13.2. The van der Waals surface area contributed by atoms with Crippen molar-refractivity contribution < 1.29 is 14.9 Å². The number of nitrogens with one attached hydrogen (secondary N) is 1. The van der Waals surface area contributed by atoms with Crippen LogP contribution < -0.4 is 16.2 Å². The summed E-state index contributed by atoms with van der Waals surface area (Å²) in [5.41, 5.74) is 4.96. The molecule has 2 aromatic heterocycles. The van der Waals surface area contributed by atoms with Gasteiger partial charge < -0.3 is 20.7 Å². The number of hydrogen-bond acceptors (Lipinski definition) is 8. The van der Waals surface area contributed by atoms with Crippen LogP contribution in [-0.2, 0) is 4.74 Å². The number of aliphatic hydroxyl groups excluding tert-OH is 2. The molecule has 4 atom stereocenters. The van der Waals surface area contributed by atoms with E-state index in [9.17, 15) is 19.8 Å². The summed E-state index contributed by atoms with van der Waals surface area (Å²) >= 11 is 0.678. The summed E-state index contributed by atoms with van der Waals surface area (Å²) in [6.07, 6.45) is -4.16. The van der Waals surface area contributed by atoms with Gasteiger partial charge in [0, 0.05) is 0 Å². The van der Waals surface area contributed by atoms with E-state index in [1.54, 1.807) is 6.92 Å². The van der Waals surface area contributed by atoms with Crippen molar-refractivity contribution in [2.45, 2.75) is 31.5 Å². The zero-order valence-corrected chi connectivity index (χ0v) is 11.1. The Kier molecular flexibility index (Phi) is 2.90. The topological polar surface area (TPSA) is 143 Å². The molecule has 0 bridgehead atoms. The summed E-state index contributed by atoms with van der Waals surface area (Å²) in [7, 11) is 0. The largest absolute Gasteiger partial charge is 0.388 e. The van der Waals surface area contributed by atoms with Crippen molar-refractivity contribution in [3.05, 3.63) is 20.0 Å². The van der Waals surface area contributed by atoms with Gasteiger partial charge in [-0.05, 0) is 6.92 Å². The number of ether oxygens (including phenoxy) is 1. The maximum Gasteiger partial charge on any atom is 0.311 e. The average Bonchev–Trinajstić information content (AvgIpc) is 2.82. The lowest BCUT2D eigenvalue weighted by atomic mass is 10.1. The standard InChI is InChI=1S/C10H12N4O5S/c1-2-3(15)4(16)8(19-2)14-6-5(20-10(14)18)7(17)13-9(11)12-6/h2-4,8,15-16H,1H3,(H3,11,12,13,17)/t2-,3-,4-,8?/m1/s1. The monoisotopic (exact) mass is 300 g/mol. The van der Waals surface area contributed by atoms with Crippen LogP contribution in [0.15, 0.2) is 9.59 Å². The number of aromatic nitrogens is 3. The Morgan fingerprint density at radius 2 is 2.10 bits per heavy atom. The molecular formula is C10H12N4O5S. The van der Waals surface area contributed by atoms with E-state index in [1.165, 1.54) is 0 Å². The van der Waals surface area contributed by atoms with Crippen molar-refractivity contribution in [1.29, 1.82) is 0 Å². The lowest BCUT2D eigenvalue weighted by Crippen LogP contribution is -2.33. The zero-order valence-electron chi connectivity index (χ0n) is 10.3. The summed E-state index contributed by atoms with van der Waals surface area (Å²) in [5.74, 6) is -0.143. The smallest absolute Gasteiger partial charge is 0.311 e. The third-order valence-corrected chi connectivity index (χ3v) is 4.17. The van der Waals surface area contributed by atoms with Crippen LogP contribution in [0.5, 0.6) is 0 Å². The quantitative estimate of drug-likeness (QED) is 0.495.